The second-order valence-electron chi connectivity index (χ2n) is 6.57. The number of guanidine groups is 1. The molecule has 7 heteroatoms. The Hall–Kier alpha value is -2.42. The lowest BCUT2D eigenvalue weighted by molar-refractivity contribution is 0.789. The van der Waals surface area contributed by atoms with Gasteiger partial charge in [-0.1, -0.05) is 30.3 Å². The van der Waals surface area contributed by atoms with Crippen LogP contribution < -0.4 is 10.6 Å². The fourth-order valence-electron chi connectivity index (χ4n) is 2.90. The van der Waals surface area contributed by atoms with Crippen molar-refractivity contribution in [2.24, 2.45) is 4.99 Å². The molecule has 2 aromatic heterocycles. The molecule has 0 radical (unpaired) electrons. The number of rotatable bonds is 5. The van der Waals surface area contributed by atoms with Crippen LogP contribution in [0, 0.1) is 20.8 Å². The number of hydrogen-bond acceptors (Lipinski definition) is 3. The van der Waals surface area contributed by atoms with Gasteiger partial charge in [0.1, 0.15) is 0 Å². The van der Waals surface area contributed by atoms with Crippen LogP contribution in [-0.4, -0.2) is 27.8 Å². The fourth-order valence-corrected chi connectivity index (χ4v) is 2.90. The number of nitrogens with zero attached hydrogens (tertiary/aromatic N) is 4. The lowest BCUT2D eigenvalue weighted by atomic mass is 10.1. The molecule has 0 spiro atoms. The van der Waals surface area contributed by atoms with E-state index in [9.17, 15) is 0 Å². The van der Waals surface area contributed by atoms with Gasteiger partial charge in [-0.25, -0.2) is 9.67 Å². The van der Waals surface area contributed by atoms with Gasteiger partial charge in [0.25, 0.3) is 0 Å². The maximum Gasteiger partial charge on any atom is 0.191 e. The van der Waals surface area contributed by atoms with Crippen molar-refractivity contribution in [1.29, 1.82) is 0 Å². The highest BCUT2D eigenvalue weighted by atomic mass is 127. The van der Waals surface area contributed by atoms with E-state index in [0.717, 1.165) is 35.3 Å². The first-order valence-electron chi connectivity index (χ1n) is 9.04. The van der Waals surface area contributed by atoms with Crippen LogP contribution in [0.1, 0.15) is 28.1 Å². The van der Waals surface area contributed by atoms with Crippen molar-refractivity contribution in [3.05, 3.63) is 76.7 Å². The Morgan fingerprint density at radius 3 is 2.39 bits per heavy atom. The van der Waals surface area contributed by atoms with Crippen LogP contribution >= 0.6 is 24.0 Å². The first kappa shape index (κ1) is 21.9. The molecule has 0 aliphatic heterocycles. The molecule has 1 aromatic carbocycles. The van der Waals surface area contributed by atoms with Gasteiger partial charge in [0.2, 0.25) is 0 Å². The molecule has 0 aliphatic rings. The number of aliphatic imine (C=N–C) groups is 1. The molecule has 0 saturated carbocycles. The zero-order valence-electron chi connectivity index (χ0n) is 16.7. The second-order valence-corrected chi connectivity index (χ2v) is 6.57. The maximum atomic E-state index is 4.53. The number of aryl methyl sites for hydroxylation is 3. The van der Waals surface area contributed by atoms with Crippen LogP contribution in [0.4, 0.5) is 0 Å². The molecular formula is C21H27IN6. The topological polar surface area (TPSA) is 67.1 Å². The summed E-state index contributed by atoms with van der Waals surface area (Å²) in [5.74, 6) is 1.59. The number of pyridine rings is 1. The van der Waals surface area contributed by atoms with Gasteiger partial charge in [0.05, 0.1) is 5.69 Å². The Morgan fingerprint density at radius 2 is 1.79 bits per heavy atom. The van der Waals surface area contributed by atoms with Crippen LogP contribution in [0.25, 0.3) is 5.82 Å². The van der Waals surface area contributed by atoms with Crippen molar-refractivity contribution < 1.29 is 0 Å². The highest BCUT2D eigenvalue weighted by Gasteiger charge is 2.05. The molecule has 3 aromatic rings. The van der Waals surface area contributed by atoms with Gasteiger partial charge in [-0.05, 0) is 49.6 Å². The van der Waals surface area contributed by atoms with Crippen molar-refractivity contribution >= 4 is 29.9 Å². The third-order valence-corrected chi connectivity index (χ3v) is 4.43. The standard InChI is InChI=1S/C21H26N6.HI/c1-15-7-5-6-8-19(15)14-25-21(22-4)24-13-18-9-10-20(23-12-18)27-17(3)11-16(2)26-27;/h5-12H,13-14H2,1-4H3,(H2,22,24,25);1H. The zero-order valence-corrected chi connectivity index (χ0v) is 19.1. The summed E-state index contributed by atoms with van der Waals surface area (Å²) in [5.41, 5.74) is 5.68. The van der Waals surface area contributed by atoms with Crippen molar-refractivity contribution in [2.45, 2.75) is 33.9 Å². The summed E-state index contributed by atoms with van der Waals surface area (Å²) in [6.07, 6.45) is 1.87. The summed E-state index contributed by atoms with van der Waals surface area (Å²) in [6, 6.07) is 14.4. The molecular weight excluding hydrogens is 463 g/mol. The molecule has 0 fully saturated rings. The lowest BCUT2D eigenvalue weighted by Gasteiger charge is -2.13. The normalized spacial score (nSPS) is 11.1. The largest absolute Gasteiger partial charge is 0.352 e. The van der Waals surface area contributed by atoms with Gasteiger partial charge in [0, 0.05) is 32.0 Å². The lowest BCUT2D eigenvalue weighted by Crippen LogP contribution is -2.36. The zero-order chi connectivity index (χ0) is 19.2. The summed E-state index contributed by atoms with van der Waals surface area (Å²) in [6.45, 7) is 7.52. The van der Waals surface area contributed by atoms with E-state index in [-0.39, 0.29) is 24.0 Å². The Labute approximate surface area is 183 Å². The van der Waals surface area contributed by atoms with Gasteiger partial charge in [-0.3, -0.25) is 4.99 Å². The van der Waals surface area contributed by atoms with E-state index in [4.69, 9.17) is 0 Å². The first-order chi connectivity index (χ1) is 13.1. The number of nitrogens with one attached hydrogen (secondary N) is 2. The molecule has 6 nitrogen and oxygen atoms in total. The van der Waals surface area contributed by atoms with Crippen molar-refractivity contribution in [2.75, 3.05) is 7.05 Å². The molecule has 0 amide bonds. The molecule has 0 saturated heterocycles. The SMILES string of the molecule is CN=C(NCc1ccc(-n2nc(C)cc2C)nc1)NCc1ccccc1C.I. The smallest absolute Gasteiger partial charge is 0.191 e. The van der Waals surface area contributed by atoms with Crippen LogP contribution in [-0.2, 0) is 13.1 Å². The van der Waals surface area contributed by atoms with Gasteiger partial charge >= 0.3 is 0 Å². The molecule has 3 rings (SSSR count). The van der Waals surface area contributed by atoms with Crippen molar-refractivity contribution in [1.82, 2.24) is 25.4 Å². The summed E-state index contributed by atoms with van der Waals surface area (Å²) < 4.78 is 1.86. The van der Waals surface area contributed by atoms with E-state index < -0.39 is 0 Å². The average molecular weight is 490 g/mol. The van der Waals surface area contributed by atoms with Crippen LogP contribution in [0.2, 0.25) is 0 Å². The average Bonchev–Trinajstić information content (AvgIpc) is 3.02. The molecule has 0 unspecified atom stereocenters. The van der Waals surface area contributed by atoms with Gasteiger partial charge in [-0.2, -0.15) is 5.10 Å². The predicted molar refractivity (Wildman–Crippen MR) is 124 cm³/mol. The molecule has 148 valence electrons. The maximum absolute atomic E-state index is 4.53. The van der Waals surface area contributed by atoms with Crippen LogP contribution in [0.5, 0.6) is 0 Å². The highest BCUT2D eigenvalue weighted by Crippen LogP contribution is 2.10. The molecule has 2 N–H and O–H groups in total. The minimum absolute atomic E-state index is 0. The van der Waals surface area contributed by atoms with Gasteiger partial charge in [-0.15, -0.1) is 24.0 Å². The predicted octanol–water partition coefficient (Wildman–Crippen LogP) is 3.68. The summed E-state index contributed by atoms with van der Waals surface area (Å²) in [5, 5.41) is 11.1. The first-order valence-corrected chi connectivity index (χ1v) is 9.04. The minimum atomic E-state index is 0. The fraction of sp³-hybridized carbons (Fsp3) is 0.286. The molecule has 0 bridgehead atoms. The summed E-state index contributed by atoms with van der Waals surface area (Å²) >= 11 is 0. The monoisotopic (exact) mass is 490 g/mol. The van der Waals surface area contributed by atoms with E-state index in [2.05, 4.69) is 63.0 Å². The van der Waals surface area contributed by atoms with E-state index in [0.29, 0.717) is 6.54 Å². The summed E-state index contributed by atoms with van der Waals surface area (Å²) in [4.78, 5) is 8.82. The van der Waals surface area contributed by atoms with Gasteiger partial charge in [0.15, 0.2) is 11.8 Å². The molecule has 0 aliphatic carbocycles. The highest BCUT2D eigenvalue weighted by molar-refractivity contribution is 14.0. The number of halogens is 1. The number of aromatic nitrogens is 3. The Kier molecular flexibility index (Phi) is 7.98. The number of benzene rings is 1. The second kappa shape index (κ2) is 10.2. The third-order valence-electron chi connectivity index (χ3n) is 4.43. The Balaban J connectivity index is 0.00000280. The third kappa shape index (κ3) is 5.54. The van der Waals surface area contributed by atoms with E-state index in [1.54, 1.807) is 7.05 Å². The minimum Gasteiger partial charge on any atom is -0.352 e. The molecule has 28 heavy (non-hydrogen) atoms. The quantitative estimate of drug-likeness (QED) is 0.326. The van der Waals surface area contributed by atoms with Crippen molar-refractivity contribution in [3.8, 4) is 5.82 Å². The van der Waals surface area contributed by atoms with E-state index in [1.807, 2.05) is 36.9 Å². The van der Waals surface area contributed by atoms with E-state index in [1.165, 1.54) is 11.1 Å². The van der Waals surface area contributed by atoms with Crippen molar-refractivity contribution in [3.63, 3.8) is 0 Å². The van der Waals surface area contributed by atoms with Crippen LogP contribution in [0.3, 0.4) is 0 Å². The Morgan fingerprint density at radius 1 is 1.04 bits per heavy atom. The number of hydrogen-bond donors (Lipinski definition) is 2. The molecule has 2 heterocycles. The Bertz CT molecular complexity index is 930. The van der Waals surface area contributed by atoms with Crippen LogP contribution in [0.15, 0.2) is 53.7 Å². The molecule has 0 atom stereocenters. The van der Waals surface area contributed by atoms with Gasteiger partial charge < -0.3 is 10.6 Å². The summed E-state index contributed by atoms with van der Waals surface area (Å²) in [7, 11) is 1.78. The van der Waals surface area contributed by atoms with E-state index >= 15 is 0 Å².